The van der Waals surface area contributed by atoms with E-state index in [2.05, 4.69) is 23.7 Å². The molecule has 0 radical (unpaired) electrons. The topological polar surface area (TPSA) is 71.9 Å². The Bertz CT molecular complexity index is 1230. The summed E-state index contributed by atoms with van der Waals surface area (Å²) in [6.45, 7) is 5.76. The number of anilines is 1. The lowest BCUT2D eigenvalue weighted by molar-refractivity contribution is 0.415. The predicted molar refractivity (Wildman–Crippen MR) is 132 cm³/mol. The fourth-order valence-electron chi connectivity index (χ4n) is 3.31. The van der Waals surface area contributed by atoms with Gasteiger partial charge in [0.25, 0.3) is 5.56 Å². The van der Waals surface area contributed by atoms with Gasteiger partial charge in [-0.3, -0.25) is 9.59 Å². The Hall–Kier alpha value is -3.06. The Kier molecular flexibility index (Phi) is 8.50. The van der Waals surface area contributed by atoms with E-state index in [0.29, 0.717) is 26.9 Å². The van der Waals surface area contributed by atoms with Crippen LogP contribution in [-0.2, 0) is 0 Å². The zero-order valence-corrected chi connectivity index (χ0v) is 19.7. The van der Waals surface area contributed by atoms with Crippen molar-refractivity contribution >= 4 is 33.6 Å². The lowest BCUT2D eigenvalue weighted by Gasteiger charge is -2.22. The van der Waals surface area contributed by atoms with Crippen LogP contribution >= 0.6 is 11.3 Å². The molecule has 1 aromatic heterocycles. The van der Waals surface area contributed by atoms with Gasteiger partial charge in [0.15, 0.2) is 10.5 Å². The number of rotatable bonds is 9. The minimum Gasteiger partial charge on any atom is -0.497 e. The van der Waals surface area contributed by atoms with Gasteiger partial charge in [-0.2, -0.15) is 4.98 Å². The van der Waals surface area contributed by atoms with Crippen molar-refractivity contribution in [3.8, 4) is 5.75 Å². The number of hydrogen-bond donors (Lipinski definition) is 0. The fraction of sp³-hybridized carbons (Fsp3) is 0.360. The van der Waals surface area contributed by atoms with E-state index in [0.717, 1.165) is 55.9 Å². The molecule has 0 aliphatic heterocycles. The quantitative estimate of drug-likeness (QED) is 0.473. The van der Waals surface area contributed by atoms with Crippen molar-refractivity contribution < 1.29 is 4.74 Å². The van der Waals surface area contributed by atoms with E-state index in [9.17, 15) is 9.59 Å². The number of methoxy groups -OCH3 is 1. The van der Waals surface area contributed by atoms with Crippen molar-refractivity contribution in [1.29, 1.82) is 0 Å². The van der Waals surface area contributed by atoms with Crippen LogP contribution in [-0.4, -0.2) is 25.2 Å². The molecule has 3 aromatic rings. The van der Waals surface area contributed by atoms with E-state index in [1.165, 1.54) is 0 Å². The molecule has 7 heteroatoms. The molecule has 1 heterocycles. The SMILES string of the molecule is CCCCN(CCCC)c1nc(=O)c2ccccc2c(=O)sc1=Nc1ccc(OC)cc1. The van der Waals surface area contributed by atoms with Crippen LogP contribution < -0.4 is 24.6 Å². The van der Waals surface area contributed by atoms with E-state index < -0.39 is 5.56 Å². The van der Waals surface area contributed by atoms with Crippen LogP contribution in [0.15, 0.2) is 63.1 Å². The molecule has 0 atom stereocenters. The zero-order chi connectivity index (χ0) is 22.9. The highest BCUT2D eigenvalue weighted by Crippen LogP contribution is 2.18. The Morgan fingerprint density at radius 2 is 1.56 bits per heavy atom. The summed E-state index contributed by atoms with van der Waals surface area (Å²) < 4.78 is 5.46. The summed E-state index contributed by atoms with van der Waals surface area (Å²) in [5.41, 5.74) is 0.255. The number of ether oxygens (including phenoxy) is 1. The van der Waals surface area contributed by atoms with Crippen molar-refractivity contribution in [2.75, 3.05) is 25.1 Å². The van der Waals surface area contributed by atoms with Gasteiger partial charge in [0, 0.05) is 18.5 Å². The van der Waals surface area contributed by atoms with Crippen molar-refractivity contribution in [3.63, 3.8) is 0 Å². The first-order valence-electron chi connectivity index (χ1n) is 11.0. The molecule has 0 fully saturated rings. The number of hydrogen-bond acceptors (Lipinski definition) is 7. The Morgan fingerprint density at radius 1 is 0.938 bits per heavy atom. The number of benzene rings is 2. The largest absolute Gasteiger partial charge is 0.497 e. The van der Waals surface area contributed by atoms with Crippen LogP contribution in [0.3, 0.4) is 0 Å². The minimum atomic E-state index is -0.412. The van der Waals surface area contributed by atoms with Crippen LogP contribution in [0.2, 0.25) is 0 Å². The Balaban J connectivity index is 2.34. The smallest absolute Gasteiger partial charge is 0.279 e. The maximum absolute atomic E-state index is 13.1. The van der Waals surface area contributed by atoms with Gasteiger partial charge in [0.2, 0.25) is 4.74 Å². The summed E-state index contributed by atoms with van der Waals surface area (Å²) in [6.07, 6.45) is 3.96. The van der Waals surface area contributed by atoms with Gasteiger partial charge in [0.05, 0.1) is 18.2 Å². The molecule has 0 saturated heterocycles. The molecular formula is C25H29N3O3S. The molecule has 6 nitrogen and oxygen atoms in total. The van der Waals surface area contributed by atoms with Gasteiger partial charge in [0.1, 0.15) is 5.75 Å². The summed E-state index contributed by atoms with van der Waals surface area (Å²) in [7, 11) is 1.61. The molecule has 0 aliphatic carbocycles. The van der Waals surface area contributed by atoms with Crippen LogP contribution in [0.1, 0.15) is 39.5 Å². The average molecular weight is 452 g/mol. The van der Waals surface area contributed by atoms with Gasteiger partial charge >= 0.3 is 0 Å². The number of unbranched alkanes of at least 4 members (excludes halogenated alkanes) is 2. The van der Waals surface area contributed by atoms with Gasteiger partial charge in [-0.25, -0.2) is 4.99 Å². The minimum absolute atomic E-state index is 0.209. The predicted octanol–water partition coefficient (Wildman–Crippen LogP) is 4.66. The second kappa shape index (κ2) is 11.5. The van der Waals surface area contributed by atoms with Gasteiger partial charge in [-0.15, -0.1) is 0 Å². The molecular weight excluding hydrogens is 422 g/mol. The second-order valence-corrected chi connectivity index (χ2v) is 8.45. The van der Waals surface area contributed by atoms with Crippen LogP contribution in [0.25, 0.3) is 10.8 Å². The standard InChI is InChI=1S/C25H29N3O3S/c1-4-6-16-28(17-7-5-2)22-24(26-18-12-14-19(31-3)15-13-18)32-25(30)21-11-9-8-10-20(21)23(29)27-22/h8-15H,4-7,16-17H2,1-3H3. The van der Waals surface area contributed by atoms with Gasteiger partial charge < -0.3 is 9.64 Å². The fourth-order valence-corrected chi connectivity index (χ4v) is 4.20. The monoisotopic (exact) mass is 451 g/mol. The van der Waals surface area contributed by atoms with Gasteiger partial charge in [-0.1, -0.05) is 50.2 Å². The molecule has 3 rings (SSSR count). The highest BCUT2D eigenvalue weighted by atomic mass is 32.1. The normalized spacial score (nSPS) is 11.5. The molecule has 0 saturated carbocycles. The average Bonchev–Trinajstić information content (AvgIpc) is 2.82. The van der Waals surface area contributed by atoms with Crippen molar-refractivity contribution in [2.45, 2.75) is 39.5 Å². The van der Waals surface area contributed by atoms with E-state index >= 15 is 0 Å². The number of aromatic nitrogens is 1. The first-order valence-corrected chi connectivity index (χ1v) is 11.8. The highest BCUT2D eigenvalue weighted by Gasteiger charge is 2.13. The number of fused-ring (bicyclic) bond motifs is 1. The van der Waals surface area contributed by atoms with Crippen molar-refractivity contribution in [1.82, 2.24) is 4.98 Å². The van der Waals surface area contributed by atoms with E-state index in [1.54, 1.807) is 31.4 Å². The molecule has 0 N–H and O–H groups in total. The molecule has 32 heavy (non-hydrogen) atoms. The third-order valence-corrected chi connectivity index (χ3v) is 6.00. The molecule has 0 aliphatic rings. The molecule has 168 valence electrons. The molecule has 0 bridgehead atoms. The zero-order valence-electron chi connectivity index (χ0n) is 18.8. The molecule has 0 amide bonds. The van der Waals surface area contributed by atoms with Crippen molar-refractivity contribution in [2.24, 2.45) is 4.99 Å². The lowest BCUT2D eigenvalue weighted by atomic mass is 10.2. The third kappa shape index (κ3) is 5.79. The maximum Gasteiger partial charge on any atom is 0.279 e. The molecule has 2 aromatic carbocycles. The van der Waals surface area contributed by atoms with E-state index in [1.807, 2.05) is 24.3 Å². The Labute approximate surface area is 191 Å². The lowest BCUT2D eigenvalue weighted by Crippen LogP contribution is -2.32. The van der Waals surface area contributed by atoms with Crippen LogP contribution in [0.4, 0.5) is 11.5 Å². The maximum atomic E-state index is 13.1. The van der Waals surface area contributed by atoms with Crippen molar-refractivity contribution in [3.05, 3.63) is 73.1 Å². The van der Waals surface area contributed by atoms with Crippen LogP contribution in [0.5, 0.6) is 5.75 Å². The Morgan fingerprint density at radius 3 is 2.16 bits per heavy atom. The highest BCUT2D eigenvalue weighted by molar-refractivity contribution is 7.07. The first kappa shape index (κ1) is 23.6. The summed E-state index contributed by atoms with van der Waals surface area (Å²) in [5, 5.41) is 0.693. The number of nitrogens with zero attached hydrogens (tertiary/aromatic N) is 3. The van der Waals surface area contributed by atoms with Gasteiger partial charge in [-0.05, 0) is 49.2 Å². The van der Waals surface area contributed by atoms with E-state index in [4.69, 9.17) is 9.73 Å². The second-order valence-electron chi connectivity index (χ2n) is 7.48. The molecule has 0 unspecified atom stereocenters. The summed E-state index contributed by atoms with van der Waals surface area (Å²) >= 11 is 1.03. The summed E-state index contributed by atoms with van der Waals surface area (Å²) in [4.78, 5) is 37.6. The summed E-state index contributed by atoms with van der Waals surface area (Å²) in [5.74, 6) is 1.20. The first-order chi connectivity index (χ1) is 15.6. The summed E-state index contributed by atoms with van der Waals surface area (Å²) in [6, 6.07) is 14.1. The van der Waals surface area contributed by atoms with Crippen LogP contribution in [0, 0.1) is 0 Å². The third-order valence-electron chi connectivity index (χ3n) is 5.13. The molecule has 0 spiro atoms. The van der Waals surface area contributed by atoms with E-state index in [-0.39, 0.29) is 4.74 Å².